The van der Waals surface area contributed by atoms with Crippen molar-refractivity contribution in [3.05, 3.63) is 53.6 Å². The Morgan fingerprint density at radius 2 is 1.57 bits per heavy atom. The van der Waals surface area contributed by atoms with E-state index in [0.717, 1.165) is 16.1 Å². The number of rotatable bonds is 1. The van der Waals surface area contributed by atoms with Crippen molar-refractivity contribution in [3.8, 4) is 16.9 Å². The normalized spacial score (nSPS) is 10.1. The Balaban J connectivity index is 2.44. The van der Waals surface area contributed by atoms with Gasteiger partial charge in [0.2, 0.25) is 0 Å². The average molecular weight is 206 g/mol. The summed E-state index contributed by atoms with van der Waals surface area (Å²) < 4.78 is 0. The number of hydrogen-bond acceptors (Lipinski definition) is 0. The van der Waals surface area contributed by atoms with Crippen molar-refractivity contribution in [2.75, 3.05) is 0 Å². The molecule has 0 aliphatic heterocycles. The maximum absolute atomic E-state index is 7.50. The van der Waals surface area contributed by atoms with E-state index in [2.05, 4.69) is 0 Å². The Bertz CT molecular complexity index is 434. The Morgan fingerprint density at radius 3 is 2.21 bits per heavy atom. The van der Waals surface area contributed by atoms with Gasteiger partial charge in [-0.1, -0.05) is 35.9 Å². The van der Waals surface area contributed by atoms with Crippen LogP contribution in [0.5, 0.6) is 5.75 Å². The van der Waals surface area contributed by atoms with Gasteiger partial charge in [0.1, 0.15) is 0 Å². The minimum atomic E-state index is 0.525. The van der Waals surface area contributed by atoms with Gasteiger partial charge in [-0.15, -0.1) is 0 Å². The quantitative estimate of drug-likeness (QED) is 0.637. The largest absolute Gasteiger partial charge is 0.593 e. The molecule has 0 fully saturated rings. The van der Waals surface area contributed by atoms with Crippen LogP contribution in [-0.4, -0.2) is 5.11 Å². The van der Waals surface area contributed by atoms with Crippen LogP contribution in [0.15, 0.2) is 48.5 Å². The highest BCUT2D eigenvalue weighted by atomic mass is 35.5. The molecular weight excluding hydrogens is 196 g/mol. The van der Waals surface area contributed by atoms with Crippen molar-refractivity contribution in [2.24, 2.45) is 0 Å². The molecule has 2 aromatic carbocycles. The Hall–Kier alpha value is -1.47. The van der Waals surface area contributed by atoms with Crippen molar-refractivity contribution in [1.82, 2.24) is 0 Å². The molecule has 2 aromatic rings. The molecule has 0 radical (unpaired) electrons. The molecule has 2 heteroatoms. The van der Waals surface area contributed by atoms with E-state index in [1.165, 1.54) is 0 Å². The molecule has 0 spiro atoms. The average Bonchev–Trinajstić information content (AvgIpc) is 2.19. The summed E-state index contributed by atoms with van der Waals surface area (Å²) in [6, 6.07) is 15.1. The molecule has 14 heavy (non-hydrogen) atoms. The van der Waals surface area contributed by atoms with Crippen LogP contribution in [0.4, 0.5) is 0 Å². The summed E-state index contributed by atoms with van der Waals surface area (Å²) in [6.45, 7) is 0. The fourth-order valence-electron chi connectivity index (χ4n) is 1.34. The molecule has 0 bridgehead atoms. The first kappa shape index (κ1) is 9.10. The molecule has 70 valence electrons. The first-order chi connectivity index (χ1) is 6.75. The van der Waals surface area contributed by atoms with E-state index >= 15 is 0 Å². The zero-order valence-corrected chi connectivity index (χ0v) is 8.25. The molecule has 0 saturated carbocycles. The molecule has 0 aliphatic rings. The molecule has 2 N–H and O–H groups in total. The van der Waals surface area contributed by atoms with E-state index in [4.69, 9.17) is 16.7 Å². The summed E-state index contributed by atoms with van der Waals surface area (Å²) in [5.41, 5.74) is 2.14. The predicted octanol–water partition coefficient (Wildman–Crippen LogP) is 3.44. The molecule has 0 aliphatic carbocycles. The highest BCUT2D eigenvalue weighted by Crippen LogP contribution is 2.24. The van der Waals surface area contributed by atoms with E-state index in [1.807, 2.05) is 42.5 Å². The summed E-state index contributed by atoms with van der Waals surface area (Å²) >= 11 is 5.79. The number of hydrogen-bond donors (Lipinski definition) is 0. The summed E-state index contributed by atoms with van der Waals surface area (Å²) in [6.07, 6.45) is 0. The molecule has 2 rings (SSSR count). The van der Waals surface area contributed by atoms with E-state index in [0.29, 0.717) is 5.75 Å². The lowest BCUT2D eigenvalue weighted by Gasteiger charge is -2.00. The topological polar surface area (TPSA) is 22.9 Å². The van der Waals surface area contributed by atoms with Gasteiger partial charge in [-0.3, -0.25) is 0 Å². The second-order valence-electron chi connectivity index (χ2n) is 3.09. The Morgan fingerprint density at radius 1 is 0.857 bits per heavy atom. The summed E-state index contributed by atoms with van der Waals surface area (Å²) in [5.74, 6) is 0.525. The molecule has 0 amide bonds. The maximum atomic E-state index is 7.50. The van der Waals surface area contributed by atoms with Gasteiger partial charge >= 0.3 is 0 Å². The van der Waals surface area contributed by atoms with Gasteiger partial charge in [-0.2, -0.15) is 0 Å². The molecular formula is C12H10ClO+. The molecule has 0 saturated heterocycles. The minimum Gasteiger partial charge on any atom is -0.593 e. The van der Waals surface area contributed by atoms with Crippen molar-refractivity contribution in [2.45, 2.75) is 0 Å². The SMILES string of the molecule is [OH2+]c1cccc(-c2ccc(Cl)cc2)c1. The van der Waals surface area contributed by atoms with Gasteiger partial charge < -0.3 is 5.11 Å². The first-order valence-corrected chi connectivity index (χ1v) is 4.71. The number of halogens is 1. The van der Waals surface area contributed by atoms with Crippen molar-refractivity contribution in [3.63, 3.8) is 0 Å². The van der Waals surface area contributed by atoms with Crippen LogP contribution >= 0.6 is 11.6 Å². The van der Waals surface area contributed by atoms with Crippen LogP contribution in [0.2, 0.25) is 5.02 Å². The van der Waals surface area contributed by atoms with Gasteiger partial charge in [0.15, 0.2) is 0 Å². The van der Waals surface area contributed by atoms with E-state index < -0.39 is 0 Å². The van der Waals surface area contributed by atoms with Crippen LogP contribution in [0, 0.1) is 0 Å². The lowest BCUT2D eigenvalue weighted by atomic mass is 10.1. The van der Waals surface area contributed by atoms with Gasteiger partial charge in [-0.05, 0) is 23.3 Å². The van der Waals surface area contributed by atoms with Crippen LogP contribution < -0.4 is 0 Å². The molecule has 0 unspecified atom stereocenters. The Kier molecular flexibility index (Phi) is 2.42. The zero-order chi connectivity index (χ0) is 9.97. The maximum Gasteiger partial charge on any atom is 0.254 e. The molecule has 0 aromatic heterocycles. The summed E-state index contributed by atoms with van der Waals surface area (Å²) in [5, 5.41) is 8.23. The molecule has 1 nitrogen and oxygen atoms in total. The monoisotopic (exact) mass is 205 g/mol. The smallest absolute Gasteiger partial charge is 0.254 e. The van der Waals surface area contributed by atoms with Crippen LogP contribution in [0.3, 0.4) is 0 Å². The number of benzene rings is 2. The lowest BCUT2D eigenvalue weighted by molar-refractivity contribution is 0.475. The van der Waals surface area contributed by atoms with Gasteiger partial charge in [-0.25, -0.2) is 0 Å². The van der Waals surface area contributed by atoms with Gasteiger partial charge in [0, 0.05) is 17.2 Å². The Labute approximate surface area is 87.6 Å². The van der Waals surface area contributed by atoms with E-state index in [9.17, 15) is 0 Å². The third-order valence-electron chi connectivity index (χ3n) is 2.04. The second-order valence-corrected chi connectivity index (χ2v) is 3.52. The lowest BCUT2D eigenvalue weighted by Crippen LogP contribution is -1.76. The van der Waals surface area contributed by atoms with E-state index in [1.54, 1.807) is 6.07 Å². The fraction of sp³-hybridized carbons (Fsp3) is 0. The van der Waals surface area contributed by atoms with Gasteiger partial charge in [0.25, 0.3) is 5.75 Å². The van der Waals surface area contributed by atoms with Crippen molar-refractivity contribution < 1.29 is 5.11 Å². The standard InChI is InChI=1S/C12H9ClO/c13-11-6-4-9(5-7-11)10-2-1-3-12(14)8-10/h1-8,14H/p+1. The predicted molar refractivity (Wildman–Crippen MR) is 59.9 cm³/mol. The van der Waals surface area contributed by atoms with Crippen LogP contribution in [0.1, 0.15) is 0 Å². The minimum absolute atomic E-state index is 0.525. The first-order valence-electron chi connectivity index (χ1n) is 4.33. The summed E-state index contributed by atoms with van der Waals surface area (Å²) in [4.78, 5) is 0. The van der Waals surface area contributed by atoms with E-state index in [-0.39, 0.29) is 0 Å². The van der Waals surface area contributed by atoms with Gasteiger partial charge in [0.05, 0.1) is 0 Å². The molecule has 0 atom stereocenters. The van der Waals surface area contributed by atoms with Crippen LogP contribution in [0.25, 0.3) is 11.1 Å². The highest BCUT2D eigenvalue weighted by molar-refractivity contribution is 6.30. The third-order valence-corrected chi connectivity index (χ3v) is 2.29. The van der Waals surface area contributed by atoms with Crippen LogP contribution in [-0.2, 0) is 0 Å². The second kappa shape index (κ2) is 3.72. The highest BCUT2D eigenvalue weighted by Gasteiger charge is 1.99. The molecule has 0 heterocycles. The fourth-order valence-corrected chi connectivity index (χ4v) is 1.47. The third kappa shape index (κ3) is 1.88. The zero-order valence-electron chi connectivity index (χ0n) is 7.50. The summed E-state index contributed by atoms with van der Waals surface area (Å²) in [7, 11) is 0. The van der Waals surface area contributed by atoms with Crippen molar-refractivity contribution >= 4 is 11.6 Å². The van der Waals surface area contributed by atoms with Crippen molar-refractivity contribution in [1.29, 1.82) is 0 Å².